The first-order chi connectivity index (χ1) is 18.9. The largest absolute Gasteiger partial charge is 0.481 e. The van der Waals surface area contributed by atoms with Crippen molar-refractivity contribution in [3.63, 3.8) is 0 Å². The number of anilines is 1. The fourth-order valence-electron chi connectivity index (χ4n) is 6.60. The number of carboxylic acids is 1. The molecule has 1 atom stereocenters. The fraction of sp³-hybridized carbons (Fsp3) is 0.367. The summed E-state index contributed by atoms with van der Waals surface area (Å²) in [6, 6.07) is 11.6. The van der Waals surface area contributed by atoms with Gasteiger partial charge in [0.2, 0.25) is 0 Å². The summed E-state index contributed by atoms with van der Waals surface area (Å²) in [5.74, 6) is 0.425. The molecular weight excluding hydrogens is 521 g/mol. The molecule has 40 heavy (non-hydrogen) atoms. The Morgan fingerprint density at radius 1 is 0.975 bits per heavy atom. The first-order valence-electron chi connectivity index (χ1n) is 13.2. The molecule has 3 fully saturated rings. The van der Waals surface area contributed by atoms with E-state index in [9.17, 15) is 28.2 Å². The van der Waals surface area contributed by atoms with Crippen molar-refractivity contribution in [1.29, 1.82) is 0 Å². The molecule has 0 amide bonds. The average Bonchev–Trinajstić information content (AvgIpc) is 3.35. The van der Waals surface area contributed by atoms with Crippen LogP contribution in [0.4, 0.5) is 19.0 Å². The van der Waals surface area contributed by atoms with Gasteiger partial charge in [0.25, 0.3) is 0 Å². The van der Waals surface area contributed by atoms with E-state index < -0.39 is 28.7 Å². The number of alkyl halides is 3. The number of carbonyl (C=O) groups is 1. The fourth-order valence-corrected chi connectivity index (χ4v) is 6.60. The lowest BCUT2D eigenvalue weighted by Gasteiger charge is -2.50. The Morgan fingerprint density at radius 2 is 1.60 bits per heavy atom. The van der Waals surface area contributed by atoms with Gasteiger partial charge in [-0.3, -0.25) is 9.20 Å². The predicted octanol–water partition coefficient (Wildman–Crippen LogP) is 5.93. The minimum Gasteiger partial charge on any atom is -0.481 e. The Labute approximate surface area is 228 Å². The van der Waals surface area contributed by atoms with Crippen LogP contribution in [0.3, 0.4) is 0 Å². The molecule has 0 radical (unpaired) electrons. The monoisotopic (exact) mass is 550 g/mol. The molecule has 3 aliphatic rings. The summed E-state index contributed by atoms with van der Waals surface area (Å²) in [6.45, 7) is 1.46. The molecule has 7 rings (SSSR count). The van der Waals surface area contributed by atoms with Crippen molar-refractivity contribution in [2.24, 2.45) is 5.41 Å². The quantitative estimate of drug-likeness (QED) is 0.284. The first kappa shape index (κ1) is 26.3. The number of nitrogen functional groups attached to an aromatic ring is 1. The van der Waals surface area contributed by atoms with Gasteiger partial charge in [-0.2, -0.15) is 13.2 Å². The number of carboxylic acid groups (broad SMARTS) is 1. The third-order valence-corrected chi connectivity index (χ3v) is 9.23. The molecule has 0 saturated heterocycles. The number of aliphatic hydroxyl groups is 1. The van der Waals surface area contributed by atoms with Crippen LogP contribution in [0, 0.1) is 5.41 Å². The van der Waals surface area contributed by atoms with Crippen LogP contribution in [0.2, 0.25) is 0 Å². The molecule has 10 heteroatoms. The van der Waals surface area contributed by atoms with Gasteiger partial charge in [0.05, 0.1) is 11.0 Å². The molecule has 2 heterocycles. The van der Waals surface area contributed by atoms with Crippen molar-refractivity contribution in [2.45, 2.75) is 62.6 Å². The lowest BCUT2D eigenvalue weighted by atomic mass is 9.53. The molecule has 2 aromatic heterocycles. The number of rotatable bonds is 5. The molecule has 3 saturated carbocycles. The molecule has 0 spiro atoms. The number of halogens is 3. The van der Waals surface area contributed by atoms with Gasteiger partial charge in [-0.1, -0.05) is 36.4 Å². The van der Waals surface area contributed by atoms with E-state index in [0.717, 1.165) is 42.8 Å². The van der Waals surface area contributed by atoms with E-state index in [0.29, 0.717) is 41.9 Å². The normalized spacial score (nSPS) is 24.2. The van der Waals surface area contributed by atoms with E-state index in [1.165, 1.54) is 19.1 Å². The standard InChI is InChI=1S/C30H29F3N4O3/c1-27(40,20-3-2-4-21(17-20)30(31,32)33)19-7-5-18(6-8-19)22-23-24(34)35-15-16-37(23)25(36-22)28-9-12-29(13-10-28,14-11-28)26(38)39/h2-8,15-17,40H,9-14H2,1H3,(H2,34,35)(H,38,39)/t27-,28?,29?/m1/s1. The second-order valence-corrected chi connectivity index (χ2v) is 11.4. The summed E-state index contributed by atoms with van der Waals surface area (Å²) in [4.78, 5) is 21.3. The lowest BCUT2D eigenvalue weighted by Crippen LogP contribution is -2.48. The van der Waals surface area contributed by atoms with Crippen molar-refractivity contribution in [3.05, 3.63) is 83.4 Å². The minimum atomic E-state index is -4.52. The Bertz CT molecular complexity index is 1600. The van der Waals surface area contributed by atoms with Crippen LogP contribution < -0.4 is 5.73 Å². The zero-order valence-electron chi connectivity index (χ0n) is 21.9. The van der Waals surface area contributed by atoms with Crippen molar-refractivity contribution >= 4 is 17.3 Å². The summed E-state index contributed by atoms with van der Waals surface area (Å²) in [6.07, 6.45) is 2.90. The molecule has 7 nitrogen and oxygen atoms in total. The van der Waals surface area contributed by atoms with E-state index in [-0.39, 0.29) is 11.0 Å². The third kappa shape index (κ3) is 3.96. The number of hydrogen-bond acceptors (Lipinski definition) is 5. The molecule has 2 aromatic carbocycles. The van der Waals surface area contributed by atoms with Gasteiger partial charge in [-0.05, 0) is 68.7 Å². The topological polar surface area (TPSA) is 114 Å². The number of fused-ring (bicyclic) bond motifs is 4. The van der Waals surface area contributed by atoms with Gasteiger partial charge < -0.3 is 15.9 Å². The van der Waals surface area contributed by atoms with Crippen molar-refractivity contribution < 1.29 is 28.2 Å². The zero-order chi connectivity index (χ0) is 28.5. The maximum atomic E-state index is 13.3. The summed E-state index contributed by atoms with van der Waals surface area (Å²) in [5, 5.41) is 21.1. The van der Waals surface area contributed by atoms with Crippen LogP contribution in [-0.4, -0.2) is 30.6 Å². The van der Waals surface area contributed by atoms with E-state index in [1.807, 2.05) is 10.6 Å². The highest BCUT2D eigenvalue weighted by Gasteiger charge is 2.54. The van der Waals surface area contributed by atoms with Crippen molar-refractivity contribution in [3.8, 4) is 11.3 Å². The van der Waals surface area contributed by atoms with Crippen LogP contribution in [0.1, 0.15) is 68.0 Å². The maximum absolute atomic E-state index is 13.3. The maximum Gasteiger partial charge on any atom is 0.416 e. The lowest BCUT2D eigenvalue weighted by molar-refractivity contribution is -0.156. The molecular formula is C30H29F3N4O3. The number of hydrogen-bond donors (Lipinski definition) is 3. The third-order valence-electron chi connectivity index (χ3n) is 9.23. The number of aromatic nitrogens is 3. The molecule has 3 aliphatic carbocycles. The number of nitrogens with zero attached hydrogens (tertiary/aromatic N) is 3. The predicted molar refractivity (Wildman–Crippen MR) is 142 cm³/mol. The molecule has 4 N–H and O–H groups in total. The van der Waals surface area contributed by atoms with Gasteiger partial charge in [-0.25, -0.2) is 9.97 Å². The smallest absolute Gasteiger partial charge is 0.416 e. The van der Waals surface area contributed by atoms with Crippen molar-refractivity contribution in [2.75, 3.05) is 5.73 Å². The minimum absolute atomic E-state index is 0.129. The average molecular weight is 551 g/mol. The van der Waals surface area contributed by atoms with E-state index in [2.05, 4.69) is 4.98 Å². The van der Waals surface area contributed by atoms with Crippen LogP contribution in [0.15, 0.2) is 60.9 Å². The van der Waals surface area contributed by atoms with E-state index in [4.69, 9.17) is 10.7 Å². The number of nitrogens with two attached hydrogens (primary N) is 1. The van der Waals surface area contributed by atoms with Gasteiger partial charge in [-0.15, -0.1) is 0 Å². The number of aliphatic carboxylic acids is 1. The van der Waals surface area contributed by atoms with E-state index >= 15 is 0 Å². The molecule has 2 bridgehead atoms. The van der Waals surface area contributed by atoms with Crippen LogP contribution in [0.25, 0.3) is 16.8 Å². The Hall–Kier alpha value is -3.92. The van der Waals surface area contributed by atoms with E-state index in [1.54, 1.807) is 30.5 Å². The molecule has 0 unspecified atom stereocenters. The van der Waals surface area contributed by atoms with Crippen molar-refractivity contribution in [1.82, 2.24) is 14.4 Å². The molecule has 208 valence electrons. The van der Waals surface area contributed by atoms with Crippen LogP contribution >= 0.6 is 0 Å². The number of imidazole rings is 1. The van der Waals surface area contributed by atoms with Crippen LogP contribution in [0.5, 0.6) is 0 Å². The summed E-state index contributed by atoms with van der Waals surface area (Å²) < 4.78 is 41.8. The summed E-state index contributed by atoms with van der Waals surface area (Å²) >= 11 is 0. The highest BCUT2D eigenvalue weighted by atomic mass is 19.4. The first-order valence-corrected chi connectivity index (χ1v) is 13.2. The Morgan fingerprint density at radius 3 is 2.20 bits per heavy atom. The summed E-state index contributed by atoms with van der Waals surface area (Å²) in [5.41, 5.74) is 5.46. The second kappa shape index (κ2) is 8.79. The van der Waals surface area contributed by atoms with Gasteiger partial charge >= 0.3 is 12.1 Å². The van der Waals surface area contributed by atoms with Gasteiger partial charge in [0.1, 0.15) is 28.5 Å². The SMILES string of the molecule is C[C@@](O)(c1ccc(-c2nc(C34CCC(C(=O)O)(CC3)CC4)n3ccnc(N)c23)cc1)c1cccc(C(F)(F)F)c1. The van der Waals surface area contributed by atoms with Gasteiger partial charge in [0, 0.05) is 23.4 Å². The Kier molecular flexibility index (Phi) is 5.78. The molecule has 0 aliphatic heterocycles. The summed E-state index contributed by atoms with van der Waals surface area (Å²) in [7, 11) is 0. The second-order valence-electron chi connectivity index (χ2n) is 11.4. The zero-order valence-corrected chi connectivity index (χ0v) is 21.9. The van der Waals surface area contributed by atoms with Crippen LogP contribution in [-0.2, 0) is 22.0 Å². The highest BCUT2D eigenvalue weighted by molar-refractivity contribution is 5.85. The number of benzene rings is 2. The molecule has 4 aromatic rings. The highest BCUT2D eigenvalue weighted by Crippen LogP contribution is 2.58. The Balaban J connectivity index is 1.38. The van der Waals surface area contributed by atoms with Gasteiger partial charge in [0.15, 0.2) is 0 Å².